The van der Waals surface area contributed by atoms with E-state index in [2.05, 4.69) is 0 Å². The summed E-state index contributed by atoms with van der Waals surface area (Å²) >= 11 is 0. The van der Waals surface area contributed by atoms with Crippen molar-refractivity contribution in [3.63, 3.8) is 0 Å². The lowest BCUT2D eigenvalue weighted by Gasteiger charge is -2.20. The van der Waals surface area contributed by atoms with Crippen molar-refractivity contribution in [2.24, 2.45) is 11.5 Å². The molecule has 5 heteroatoms. The van der Waals surface area contributed by atoms with E-state index in [0.29, 0.717) is 11.5 Å². The summed E-state index contributed by atoms with van der Waals surface area (Å²) in [7, 11) is 3.13. The fraction of sp³-hybridized carbons (Fsp3) is 0.455. The summed E-state index contributed by atoms with van der Waals surface area (Å²) < 4.78 is 10.3. The lowest BCUT2D eigenvalue weighted by atomic mass is 10.00. The van der Waals surface area contributed by atoms with E-state index in [1.807, 2.05) is 0 Å². The van der Waals surface area contributed by atoms with Gasteiger partial charge in [-0.15, -0.1) is 0 Å². The molecule has 0 aliphatic heterocycles. The van der Waals surface area contributed by atoms with Gasteiger partial charge in [-0.2, -0.15) is 0 Å². The van der Waals surface area contributed by atoms with E-state index in [4.69, 9.17) is 26.0 Å². The second-order valence-corrected chi connectivity index (χ2v) is 3.48. The Hall–Kier alpha value is -1.30. The number of nitrogens with two attached hydrogens (primary N) is 2. The Morgan fingerprint density at radius 1 is 1.25 bits per heavy atom. The fourth-order valence-corrected chi connectivity index (χ4v) is 1.44. The first-order valence-corrected chi connectivity index (χ1v) is 4.98. The number of ether oxygens (including phenoxy) is 2. The Balaban J connectivity index is 3.03. The van der Waals surface area contributed by atoms with Crippen molar-refractivity contribution < 1.29 is 14.6 Å². The third-order valence-corrected chi connectivity index (χ3v) is 2.47. The van der Waals surface area contributed by atoms with E-state index >= 15 is 0 Å². The van der Waals surface area contributed by atoms with Crippen molar-refractivity contribution in [1.82, 2.24) is 0 Å². The van der Waals surface area contributed by atoms with Crippen molar-refractivity contribution in [2.75, 3.05) is 20.8 Å². The molecular formula is C11H18N2O3. The van der Waals surface area contributed by atoms with E-state index in [-0.39, 0.29) is 6.61 Å². The van der Waals surface area contributed by atoms with Crippen LogP contribution in [0.2, 0.25) is 0 Å². The maximum absolute atomic E-state index is 8.96. The van der Waals surface area contributed by atoms with Crippen molar-refractivity contribution in [1.29, 1.82) is 0 Å². The van der Waals surface area contributed by atoms with Crippen LogP contribution < -0.4 is 20.9 Å². The number of benzene rings is 1. The van der Waals surface area contributed by atoms with Crippen molar-refractivity contribution in [3.05, 3.63) is 23.8 Å². The highest BCUT2D eigenvalue weighted by Crippen LogP contribution is 2.29. The molecule has 5 N–H and O–H groups in total. The molecule has 0 bridgehead atoms. The molecule has 0 amide bonds. The molecule has 0 aliphatic rings. The maximum atomic E-state index is 8.96. The van der Waals surface area contributed by atoms with Crippen LogP contribution in [0.15, 0.2) is 18.2 Å². The van der Waals surface area contributed by atoms with Gasteiger partial charge in [-0.1, -0.05) is 6.07 Å². The molecule has 0 saturated heterocycles. The normalized spacial score (nSPS) is 14.3. The van der Waals surface area contributed by atoms with Gasteiger partial charge < -0.3 is 26.0 Å². The zero-order chi connectivity index (χ0) is 12.1. The van der Waals surface area contributed by atoms with E-state index < -0.39 is 12.1 Å². The lowest BCUT2D eigenvalue weighted by molar-refractivity contribution is 0.248. The van der Waals surface area contributed by atoms with Crippen molar-refractivity contribution >= 4 is 0 Å². The van der Waals surface area contributed by atoms with Gasteiger partial charge in [-0.3, -0.25) is 0 Å². The summed E-state index contributed by atoms with van der Waals surface area (Å²) in [6.45, 7) is -0.170. The summed E-state index contributed by atoms with van der Waals surface area (Å²) in [5.41, 5.74) is 12.3. The van der Waals surface area contributed by atoms with Crippen molar-refractivity contribution in [2.45, 2.75) is 12.1 Å². The summed E-state index contributed by atoms with van der Waals surface area (Å²) in [6, 6.07) is 4.33. The third-order valence-electron chi connectivity index (χ3n) is 2.47. The molecule has 1 aromatic rings. The predicted molar refractivity (Wildman–Crippen MR) is 61.5 cm³/mol. The fourth-order valence-electron chi connectivity index (χ4n) is 1.44. The highest BCUT2D eigenvalue weighted by atomic mass is 16.5. The number of aliphatic hydroxyl groups excluding tert-OH is 1. The Morgan fingerprint density at radius 2 is 1.94 bits per heavy atom. The van der Waals surface area contributed by atoms with E-state index in [1.54, 1.807) is 32.4 Å². The maximum Gasteiger partial charge on any atom is 0.127 e. The highest BCUT2D eigenvalue weighted by Gasteiger charge is 2.18. The summed E-state index contributed by atoms with van der Waals surface area (Å²) in [5.74, 6) is 1.29. The Kier molecular flexibility index (Phi) is 4.54. The van der Waals surface area contributed by atoms with Crippen LogP contribution >= 0.6 is 0 Å². The summed E-state index contributed by atoms with van der Waals surface area (Å²) in [4.78, 5) is 0. The van der Waals surface area contributed by atoms with Crippen LogP contribution in [0, 0.1) is 0 Å². The van der Waals surface area contributed by atoms with Gasteiger partial charge in [0.1, 0.15) is 11.5 Å². The molecule has 0 radical (unpaired) electrons. The lowest BCUT2D eigenvalue weighted by Crippen LogP contribution is -2.37. The Labute approximate surface area is 95.0 Å². The molecule has 0 fully saturated rings. The van der Waals surface area contributed by atoms with Gasteiger partial charge >= 0.3 is 0 Å². The van der Waals surface area contributed by atoms with Gasteiger partial charge in [0.25, 0.3) is 0 Å². The summed E-state index contributed by atoms with van der Waals surface area (Å²) in [6.07, 6.45) is 0. The minimum absolute atomic E-state index is 0.170. The van der Waals surface area contributed by atoms with Gasteiger partial charge in [0.05, 0.1) is 26.9 Å². The van der Waals surface area contributed by atoms with Gasteiger partial charge in [0, 0.05) is 17.7 Å². The molecular weight excluding hydrogens is 208 g/mol. The average Bonchev–Trinajstić information content (AvgIpc) is 2.35. The second kappa shape index (κ2) is 5.69. The molecule has 2 unspecified atom stereocenters. The van der Waals surface area contributed by atoms with Gasteiger partial charge in [0.2, 0.25) is 0 Å². The van der Waals surface area contributed by atoms with Gasteiger partial charge in [-0.25, -0.2) is 0 Å². The number of hydrogen-bond donors (Lipinski definition) is 3. The quantitative estimate of drug-likeness (QED) is 0.658. The minimum atomic E-state index is -0.512. The number of aliphatic hydroxyl groups is 1. The second-order valence-electron chi connectivity index (χ2n) is 3.48. The molecule has 0 aliphatic carbocycles. The van der Waals surface area contributed by atoms with Crippen LogP contribution in [0.25, 0.3) is 0 Å². The number of methoxy groups -OCH3 is 2. The molecule has 0 saturated carbocycles. The largest absolute Gasteiger partial charge is 0.497 e. The Bertz CT molecular complexity index is 344. The molecule has 1 rings (SSSR count). The molecule has 5 nitrogen and oxygen atoms in total. The first-order valence-electron chi connectivity index (χ1n) is 4.98. The third kappa shape index (κ3) is 2.63. The van der Waals surface area contributed by atoms with Crippen molar-refractivity contribution in [3.8, 4) is 11.5 Å². The van der Waals surface area contributed by atoms with E-state index in [0.717, 1.165) is 5.56 Å². The standard InChI is InChI=1S/C11H18N2O3/c1-15-7-3-4-8(10(5-7)16-2)11(13)9(12)6-14/h3-5,9,11,14H,6,12-13H2,1-2H3. The SMILES string of the molecule is COc1ccc(C(N)C(N)CO)c(OC)c1. The van der Waals surface area contributed by atoms with Crippen LogP contribution in [0.3, 0.4) is 0 Å². The zero-order valence-electron chi connectivity index (χ0n) is 9.51. The minimum Gasteiger partial charge on any atom is -0.497 e. The smallest absolute Gasteiger partial charge is 0.127 e. The number of rotatable bonds is 5. The molecule has 90 valence electrons. The number of hydrogen-bond acceptors (Lipinski definition) is 5. The molecule has 0 aromatic heterocycles. The van der Waals surface area contributed by atoms with E-state index in [1.165, 1.54) is 0 Å². The molecule has 0 heterocycles. The molecule has 2 atom stereocenters. The average molecular weight is 226 g/mol. The van der Waals surface area contributed by atoms with Crippen LogP contribution in [0.1, 0.15) is 11.6 Å². The van der Waals surface area contributed by atoms with Crippen LogP contribution in [-0.2, 0) is 0 Å². The molecule has 16 heavy (non-hydrogen) atoms. The first kappa shape index (κ1) is 12.8. The highest BCUT2D eigenvalue weighted by molar-refractivity contribution is 5.42. The monoisotopic (exact) mass is 226 g/mol. The summed E-state index contributed by atoms with van der Waals surface area (Å²) in [5, 5.41) is 8.96. The van der Waals surface area contributed by atoms with E-state index in [9.17, 15) is 0 Å². The first-order chi connectivity index (χ1) is 7.63. The van der Waals surface area contributed by atoms with Gasteiger partial charge in [0.15, 0.2) is 0 Å². The Morgan fingerprint density at radius 3 is 2.44 bits per heavy atom. The van der Waals surface area contributed by atoms with Gasteiger partial charge in [-0.05, 0) is 6.07 Å². The molecule has 1 aromatic carbocycles. The van der Waals surface area contributed by atoms with Crippen LogP contribution in [-0.4, -0.2) is 32.0 Å². The predicted octanol–water partition coefficient (Wildman–Crippen LogP) is 0.0232. The van der Waals surface area contributed by atoms with Crippen LogP contribution in [0.4, 0.5) is 0 Å². The van der Waals surface area contributed by atoms with Crippen LogP contribution in [0.5, 0.6) is 11.5 Å². The topological polar surface area (TPSA) is 90.7 Å². The zero-order valence-corrected chi connectivity index (χ0v) is 9.51. The molecule has 0 spiro atoms.